The second-order valence-corrected chi connectivity index (χ2v) is 3.69. The summed E-state index contributed by atoms with van der Waals surface area (Å²) in [6.45, 7) is -1.96. The Morgan fingerprint density at radius 2 is 2.29 bits per heavy atom. The molecule has 0 bridgehead atoms. The smallest absolute Gasteiger partial charge is 0.445 e. The molecule has 0 radical (unpaired) electrons. The van der Waals surface area contributed by atoms with E-state index in [1.54, 1.807) is 11.6 Å². The van der Waals surface area contributed by atoms with E-state index in [0.29, 0.717) is 5.16 Å². The summed E-state index contributed by atoms with van der Waals surface area (Å²) in [4.78, 5) is 0. The summed E-state index contributed by atoms with van der Waals surface area (Å²) >= 11 is 0.974. The Hall–Kier alpha value is -0.915. The fraction of sp³-hybridized carbons (Fsp3) is 0.333. The van der Waals surface area contributed by atoms with Crippen LogP contribution in [0.3, 0.4) is 0 Å². The fourth-order valence-electron chi connectivity index (χ4n) is 0.655. The summed E-state index contributed by atoms with van der Waals surface area (Å²) in [5.41, 5.74) is -0.710. The Kier molecular flexibility index (Phi) is 3.25. The Morgan fingerprint density at radius 1 is 1.64 bits per heavy atom. The molecular weight excluding hydrogens is 214 g/mol. The van der Waals surface area contributed by atoms with Gasteiger partial charge in [-0.2, -0.15) is 0 Å². The van der Waals surface area contributed by atoms with E-state index in [0.717, 1.165) is 11.8 Å². The first-order valence-electron chi connectivity index (χ1n) is 3.75. The molecule has 0 atom stereocenters. The minimum atomic E-state index is -4.94. The van der Waals surface area contributed by atoms with Gasteiger partial charge in [0.25, 0.3) is 0 Å². The summed E-state index contributed by atoms with van der Waals surface area (Å²) in [7, 11) is 1.67. The molecule has 3 nitrogen and oxygen atoms in total. The van der Waals surface area contributed by atoms with Crippen LogP contribution in [0.25, 0.3) is 0 Å². The molecule has 78 valence electrons. The zero-order chi connectivity index (χ0) is 10.8. The first-order chi connectivity index (χ1) is 6.41. The van der Waals surface area contributed by atoms with Crippen LogP contribution in [0.4, 0.5) is 12.9 Å². The van der Waals surface area contributed by atoms with E-state index in [-0.39, 0.29) is 5.75 Å². The topological polar surface area (TPSA) is 30.7 Å². The van der Waals surface area contributed by atoms with Gasteiger partial charge >= 0.3 is 6.98 Å². The van der Waals surface area contributed by atoms with Crippen molar-refractivity contribution in [3.63, 3.8) is 0 Å². The molecule has 0 aliphatic carbocycles. The summed E-state index contributed by atoms with van der Waals surface area (Å²) < 4.78 is 37.8. The van der Waals surface area contributed by atoms with Crippen LogP contribution in [0.5, 0.6) is 0 Å². The number of rotatable bonds is 4. The Labute approximate surface area is 83.5 Å². The van der Waals surface area contributed by atoms with E-state index in [1.807, 2.05) is 0 Å². The number of thioether (sulfide) groups is 1. The molecule has 0 spiro atoms. The van der Waals surface area contributed by atoms with Crippen molar-refractivity contribution in [2.45, 2.75) is 5.16 Å². The van der Waals surface area contributed by atoms with Gasteiger partial charge in [-0.3, -0.25) is 0 Å². The fourth-order valence-corrected chi connectivity index (χ4v) is 1.51. The SMILES string of the molecule is C=C(CSc1nncn1C)[B-](F)(F)F. The van der Waals surface area contributed by atoms with Crippen molar-refractivity contribution in [2.24, 2.45) is 7.05 Å². The summed E-state index contributed by atoms with van der Waals surface area (Å²) in [6.07, 6.45) is 1.43. The zero-order valence-electron chi connectivity index (χ0n) is 7.45. The quantitative estimate of drug-likeness (QED) is 0.575. The Balaban J connectivity index is 2.50. The number of nitrogens with zero attached hydrogens (tertiary/aromatic N) is 3. The third kappa shape index (κ3) is 2.79. The number of aromatic nitrogens is 3. The lowest BCUT2D eigenvalue weighted by atomic mass is 9.82. The van der Waals surface area contributed by atoms with Gasteiger partial charge in [0.2, 0.25) is 0 Å². The van der Waals surface area contributed by atoms with Gasteiger partial charge in [0.05, 0.1) is 0 Å². The molecule has 1 aromatic rings. The summed E-state index contributed by atoms with van der Waals surface area (Å²) in [5, 5.41) is 7.64. The van der Waals surface area contributed by atoms with E-state index in [1.165, 1.54) is 6.33 Å². The first-order valence-corrected chi connectivity index (χ1v) is 4.74. The van der Waals surface area contributed by atoms with Crippen LogP contribution in [0.2, 0.25) is 0 Å². The van der Waals surface area contributed by atoms with Gasteiger partial charge < -0.3 is 17.5 Å². The van der Waals surface area contributed by atoms with Crippen LogP contribution < -0.4 is 0 Å². The molecule has 8 heteroatoms. The lowest BCUT2D eigenvalue weighted by Gasteiger charge is -2.16. The molecule has 0 aliphatic rings. The van der Waals surface area contributed by atoms with Crippen LogP contribution >= 0.6 is 11.8 Å². The van der Waals surface area contributed by atoms with Gasteiger partial charge in [0.1, 0.15) is 6.33 Å². The van der Waals surface area contributed by atoms with Crippen molar-refractivity contribution in [3.8, 4) is 0 Å². The van der Waals surface area contributed by atoms with Crippen LogP contribution in [0.15, 0.2) is 23.5 Å². The third-order valence-electron chi connectivity index (χ3n) is 1.52. The molecule has 1 rings (SSSR count). The minimum Gasteiger partial charge on any atom is -0.445 e. The highest BCUT2D eigenvalue weighted by molar-refractivity contribution is 7.99. The van der Waals surface area contributed by atoms with Crippen LogP contribution in [0, 0.1) is 0 Å². The first kappa shape index (κ1) is 11.2. The number of aryl methyl sites for hydroxylation is 1. The predicted octanol–water partition coefficient (Wildman–Crippen LogP) is 1.85. The van der Waals surface area contributed by atoms with E-state index in [9.17, 15) is 12.9 Å². The van der Waals surface area contributed by atoms with Crippen LogP contribution in [0.1, 0.15) is 0 Å². The van der Waals surface area contributed by atoms with Crippen molar-refractivity contribution < 1.29 is 12.9 Å². The standard InChI is InChI=1S/C6H8BF3N3S/c1-5(7(8,9)10)3-14-6-12-11-4-13(6)2/h4H,1,3H2,2H3/q-1. The molecule has 0 aliphatic heterocycles. The van der Waals surface area contributed by atoms with Gasteiger partial charge in [-0.25, -0.2) is 0 Å². The Morgan fingerprint density at radius 3 is 2.71 bits per heavy atom. The number of hydrogen-bond donors (Lipinski definition) is 0. The molecule has 0 saturated carbocycles. The lowest BCUT2D eigenvalue weighted by Crippen LogP contribution is -2.20. The monoisotopic (exact) mass is 222 g/mol. The second-order valence-electron chi connectivity index (χ2n) is 2.75. The molecule has 0 N–H and O–H groups in total. The van der Waals surface area contributed by atoms with Gasteiger partial charge in [0.15, 0.2) is 5.16 Å². The third-order valence-corrected chi connectivity index (χ3v) is 2.66. The highest BCUT2D eigenvalue weighted by Crippen LogP contribution is 2.24. The highest BCUT2D eigenvalue weighted by Gasteiger charge is 2.26. The highest BCUT2D eigenvalue weighted by atomic mass is 32.2. The predicted molar refractivity (Wildman–Crippen MR) is 49.9 cm³/mol. The van der Waals surface area contributed by atoms with Crippen LogP contribution in [-0.2, 0) is 7.05 Å². The average molecular weight is 222 g/mol. The average Bonchev–Trinajstić information content (AvgIpc) is 2.45. The van der Waals surface area contributed by atoms with Crippen molar-refractivity contribution in [2.75, 3.05) is 5.75 Å². The van der Waals surface area contributed by atoms with Gasteiger partial charge in [-0.1, -0.05) is 11.8 Å². The number of halogens is 3. The zero-order valence-corrected chi connectivity index (χ0v) is 8.27. The van der Waals surface area contributed by atoms with Gasteiger partial charge in [-0.05, 0) is 5.75 Å². The molecule has 14 heavy (non-hydrogen) atoms. The summed E-state index contributed by atoms with van der Waals surface area (Å²) in [6, 6.07) is 0. The second kappa shape index (κ2) is 4.08. The van der Waals surface area contributed by atoms with Gasteiger partial charge in [0, 0.05) is 7.05 Å². The molecule has 0 fully saturated rings. The van der Waals surface area contributed by atoms with Crippen molar-refractivity contribution in [1.82, 2.24) is 14.8 Å². The molecule has 0 aromatic carbocycles. The van der Waals surface area contributed by atoms with Gasteiger partial charge in [-0.15, -0.1) is 22.2 Å². The maximum Gasteiger partial charge on any atom is 0.505 e. The van der Waals surface area contributed by atoms with Crippen molar-refractivity contribution in [3.05, 3.63) is 18.4 Å². The van der Waals surface area contributed by atoms with Crippen molar-refractivity contribution >= 4 is 18.7 Å². The molecule has 0 saturated heterocycles. The minimum absolute atomic E-state index is 0.198. The lowest BCUT2D eigenvalue weighted by molar-refractivity contribution is 0.491. The summed E-state index contributed by atoms with van der Waals surface area (Å²) in [5.74, 6) is -0.198. The molecule has 1 heterocycles. The van der Waals surface area contributed by atoms with E-state index >= 15 is 0 Å². The van der Waals surface area contributed by atoms with E-state index < -0.39 is 12.4 Å². The van der Waals surface area contributed by atoms with Crippen LogP contribution in [-0.4, -0.2) is 27.5 Å². The molecule has 0 amide bonds. The van der Waals surface area contributed by atoms with Crippen molar-refractivity contribution in [1.29, 1.82) is 0 Å². The normalized spacial score (nSPS) is 11.7. The molecule has 0 unspecified atom stereocenters. The molecule has 1 aromatic heterocycles. The van der Waals surface area contributed by atoms with E-state index in [2.05, 4.69) is 16.8 Å². The maximum atomic E-state index is 12.1. The number of hydrogen-bond acceptors (Lipinski definition) is 3. The van der Waals surface area contributed by atoms with E-state index in [4.69, 9.17) is 0 Å². The Bertz CT molecular complexity index is 335. The maximum absolute atomic E-state index is 12.1. The molecular formula is C6H8BF3N3S-. The largest absolute Gasteiger partial charge is 0.505 e.